The molecule has 0 bridgehead atoms. The van der Waals surface area contributed by atoms with Gasteiger partial charge in [0, 0.05) is 10.8 Å². The Kier molecular flexibility index (Phi) is 5.60. The average Bonchev–Trinajstić information content (AvgIpc) is 2.59. The second kappa shape index (κ2) is 7.65. The van der Waals surface area contributed by atoms with Crippen molar-refractivity contribution in [2.24, 2.45) is 0 Å². The fraction of sp³-hybridized carbons (Fsp3) is 0.111. The summed E-state index contributed by atoms with van der Waals surface area (Å²) >= 11 is 0. The van der Waals surface area contributed by atoms with E-state index in [0.717, 1.165) is 22.6 Å². The van der Waals surface area contributed by atoms with E-state index in [4.69, 9.17) is 9.47 Å². The Morgan fingerprint density at radius 3 is 1.35 bits per heavy atom. The molecule has 0 heterocycles. The quantitative estimate of drug-likeness (QED) is 0.809. The molecule has 120 valence electrons. The van der Waals surface area contributed by atoms with Crippen LogP contribution in [0.1, 0.15) is 11.1 Å². The molecule has 0 aliphatic rings. The summed E-state index contributed by atoms with van der Waals surface area (Å²) in [6.45, 7) is 0. The van der Waals surface area contributed by atoms with E-state index in [1.54, 1.807) is 74.9 Å². The first-order valence-corrected chi connectivity index (χ1v) is 8.53. The molecule has 23 heavy (non-hydrogen) atoms. The molecule has 2 aromatic rings. The molecule has 0 aliphatic heterocycles. The van der Waals surface area contributed by atoms with Crippen LogP contribution in [0.2, 0.25) is 0 Å². The highest BCUT2D eigenvalue weighted by atomic mass is 32.2. The van der Waals surface area contributed by atoms with Crippen LogP contribution in [0.5, 0.6) is 11.5 Å². The first-order chi connectivity index (χ1) is 11.0. The maximum Gasteiger partial charge on any atom is 0.193 e. The number of hydrogen-bond acceptors (Lipinski definition) is 4. The van der Waals surface area contributed by atoms with Crippen molar-refractivity contribution in [3.05, 3.63) is 70.5 Å². The zero-order valence-electron chi connectivity index (χ0n) is 13.0. The molecule has 2 aromatic carbocycles. The third-order valence-electron chi connectivity index (χ3n) is 3.13. The Balaban J connectivity index is 2.07. The smallest absolute Gasteiger partial charge is 0.193 e. The van der Waals surface area contributed by atoms with Crippen LogP contribution in [0, 0.1) is 0 Å². The highest BCUT2D eigenvalue weighted by Gasteiger charge is 2.00. The average molecular weight is 330 g/mol. The summed E-state index contributed by atoms with van der Waals surface area (Å²) in [5.74, 6) is 1.45. The van der Waals surface area contributed by atoms with Crippen LogP contribution in [0.4, 0.5) is 0 Å². The van der Waals surface area contributed by atoms with E-state index < -0.39 is 9.84 Å². The Labute approximate surface area is 136 Å². The summed E-state index contributed by atoms with van der Waals surface area (Å²) in [4.78, 5) is 0. The molecular weight excluding hydrogens is 312 g/mol. The normalized spacial score (nSPS) is 11.9. The molecule has 0 saturated carbocycles. The van der Waals surface area contributed by atoms with Gasteiger partial charge in [0.05, 0.1) is 14.2 Å². The first-order valence-electron chi connectivity index (χ1n) is 6.92. The summed E-state index contributed by atoms with van der Waals surface area (Å²) in [6.07, 6.45) is 3.10. The number of benzene rings is 2. The topological polar surface area (TPSA) is 52.6 Å². The molecular formula is C18H18O4S. The lowest BCUT2D eigenvalue weighted by atomic mass is 10.2. The molecule has 4 nitrogen and oxygen atoms in total. The summed E-state index contributed by atoms with van der Waals surface area (Å²) < 4.78 is 34.1. The van der Waals surface area contributed by atoms with Crippen molar-refractivity contribution in [2.45, 2.75) is 0 Å². The predicted molar refractivity (Wildman–Crippen MR) is 93.0 cm³/mol. The summed E-state index contributed by atoms with van der Waals surface area (Å²) in [5.41, 5.74) is 1.57. The minimum absolute atomic E-state index is 0.726. The summed E-state index contributed by atoms with van der Waals surface area (Å²) in [6, 6.07) is 14.3. The SMILES string of the molecule is COc1ccc(/C=C/S(=O)(=O)/C=C/c2ccc(OC)cc2)cc1. The van der Waals surface area contributed by atoms with Crippen molar-refractivity contribution >= 4 is 22.0 Å². The fourth-order valence-electron chi connectivity index (χ4n) is 1.82. The largest absolute Gasteiger partial charge is 0.497 e. The standard InChI is InChI=1S/C18H18O4S/c1-21-17-7-3-15(4-8-17)11-13-23(19,20)14-12-16-5-9-18(22-2)10-6-16/h3-14H,1-2H3/b13-11+,14-12+. The van der Waals surface area contributed by atoms with Gasteiger partial charge in [-0.05, 0) is 47.5 Å². The highest BCUT2D eigenvalue weighted by molar-refractivity contribution is 7.97. The molecule has 0 amide bonds. The Bertz CT molecular complexity index is 722. The van der Waals surface area contributed by atoms with Crippen molar-refractivity contribution < 1.29 is 17.9 Å². The van der Waals surface area contributed by atoms with Gasteiger partial charge in [-0.1, -0.05) is 24.3 Å². The van der Waals surface area contributed by atoms with Crippen LogP contribution in [0.25, 0.3) is 12.2 Å². The van der Waals surface area contributed by atoms with Gasteiger partial charge in [0.25, 0.3) is 0 Å². The molecule has 0 aromatic heterocycles. The van der Waals surface area contributed by atoms with Crippen LogP contribution < -0.4 is 9.47 Å². The highest BCUT2D eigenvalue weighted by Crippen LogP contribution is 2.15. The lowest BCUT2D eigenvalue weighted by Gasteiger charge is -1.99. The molecule has 0 spiro atoms. The maximum atomic E-state index is 12.0. The minimum atomic E-state index is -3.43. The van der Waals surface area contributed by atoms with Gasteiger partial charge < -0.3 is 9.47 Å². The van der Waals surface area contributed by atoms with E-state index in [1.807, 2.05) is 0 Å². The van der Waals surface area contributed by atoms with Gasteiger partial charge in [-0.2, -0.15) is 0 Å². The number of hydrogen-bond donors (Lipinski definition) is 0. The Hall–Kier alpha value is -2.53. The van der Waals surface area contributed by atoms with E-state index in [-0.39, 0.29) is 0 Å². The number of rotatable bonds is 6. The zero-order chi connectivity index (χ0) is 16.7. The van der Waals surface area contributed by atoms with Crippen LogP contribution in [-0.4, -0.2) is 22.6 Å². The van der Waals surface area contributed by atoms with Gasteiger partial charge in [0.1, 0.15) is 11.5 Å². The third kappa shape index (κ3) is 5.30. The zero-order valence-corrected chi connectivity index (χ0v) is 13.8. The van der Waals surface area contributed by atoms with Crippen LogP contribution >= 0.6 is 0 Å². The molecule has 0 fully saturated rings. The minimum Gasteiger partial charge on any atom is -0.497 e. The molecule has 0 atom stereocenters. The van der Waals surface area contributed by atoms with Gasteiger partial charge in [0.15, 0.2) is 9.84 Å². The molecule has 0 radical (unpaired) electrons. The van der Waals surface area contributed by atoms with Crippen LogP contribution in [-0.2, 0) is 9.84 Å². The van der Waals surface area contributed by atoms with Gasteiger partial charge >= 0.3 is 0 Å². The van der Waals surface area contributed by atoms with Crippen molar-refractivity contribution in [3.8, 4) is 11.5 Å². The van der Waals surface area contributed by atoms with Crippen molar-refractivity contribution in [1.82, 2.24) is 0 Å². The molecule has 0 aliphatic carbocycles. The molecule has 0 saturated heterocycles. The van der Waals surface area contributed by atoms with E-state index in [9.17, 15) is 8.42 Å². The summed E-state index contributed by atoms with van der Waals surface area (Å²) in [7, 11) is -0.268. The molecule has 0 N–H and O–H groups in total. The van der Waals surface area contributed by atoms with Gasteiger partial charge in [-0.3, -0.25) is 0 Å². The Morgan fingerprint density at radius 2 is 1.04 bits per heavy atom. The van der Waals surface area contributed by atoms with E-state index in [0.29, 0.717) is 0 Å². The van der Waals surface area contributed by atoms with Crippen molar-refractivity contribution in [2.75, 3.05) is 14.2 Å². The van der Waals surface area contributed by atoms with Crippen LogP contribution in [0.15, 0.2) is 59.3 Å². The molecule has 5 heteroatoms. The second-order valence-electron chi connectivity index (χ2n) is 4.74. The molecule has 0 unspecified atom stereocenters. The molecule has 2 rings (SSSR count). The van der Waals surface area contributed by atoms with Crippen molar-refractivity contribution in [3.63, 3.8) is 0 Å². The number of methoxy groups -OCH3 is 2. The number of ether oxygens (including phenoxy) is 2. The van der Waals surface area contributed by atoms with Gasteiger partial charge in [-0.15, -0.1) is 0 Å². The maximum absolute atomic E-state index is 12.0. The first kappa shape index (κ1) is 16.8. The van der Waals surface area contributed by atoms with E-state index >= 15 is 0 Å². The summed E-state index contributed by atoms with van der Waals surface area (Å²) in [5, 5.41) is 2.35. The van der Waals surface area contributed by atoms with Crippen LogP contribution in [0.3, 0.4) is 0 Å². The number of sulfone groups is 1. The van der Waals surface area contributed by atoms with Gasteiger partial charge in [-0.25, -0.2) is 8.42 Å². The van der Waals surface area contributed by atoms with E-state index in [2.05, 4.69) is 0 Å². The Morgan fingerprint density at radius 1 is 0.696 bits per heavy atom. The second-order valence-corrected chi connectivity index (χ2v) is 6.46. The monoisotopic (exact) mass is 330 g/mol. The fourth-order valence-corrected chi connectivity index (χ4v) is 2.61. The lowest BCUT2D eigenvalue weighted by molar-refractivity contribution is 0.414. The lowest BCUT2D eigenvalue weighted by Crippen LogP contribution is -1.88. The van der Waals surface area contributed by atoms with E-state index in [1.165, 1.54) is 10.8 Å². The van der Waals surface area contributed by atoms with Gasteiger partial charge in [0.2, 0.25) is 0 Å². The third-order valence-corrected chi connectivity index (χ3v) is 4.16. The van der Waals surface area contributed by atoms with Crippen molar-refractivity contribution in [1.29, 1.82) is 0 Å². The predicted octanol–water partition coefficient (Wildman–Crippen LogP) is 3.76.